The molecule has 0 fully saturated rings. The molecule has 0 aliphatic carbocycles. The Labute approximate surface area is 179 Å². The number of nitrogens with zero attached hydrogens (tertiary/aromatic N) is 4. The van der Waals surface area contributed by atoms with Crippen molar-refractivity contribution in [3.05, 3.63) is 57.0 Å². The monoisotopic (exact) mass is 450 g/mol. The third kappa shape index (κ3) is 4.88. The lowest BCUT2D eigenvalue weighted by Crippen LogP contribution is -2.42. The van der Waals surface area contributed by atoms with Gasteiger partial charge in [0.1, 0.15) is 17.3 Å². The zero-order valence-corrected chi connectivity index (χ0v) is 18.6. The molecule has 0 unspecified atom stereocenters. The average molecular weight is 451 g/mol. The van der Waals surface area contributed by atoms with E-state index in [1.54, 1.807) is 36.8 Å². The molecule has 0 radical (unpaired) electrons. The molecule has 0 N–H and O–H groups in total. The Morgan fingerprint density at radius 1 is 1.00 bits per heavy atom. The summed E-state index contributed by atoms with van der Waals surface area (Å²) in [6.07, 6.45) is 0.645. The molecular weight excluding hydrogens is 424 g/mol. The number of hydrogen-bond acceptors (Lipinski definition) is 7. The van der Waals surface area contributed by atoms with Crippen molar-refractivity contribution in [3.63, 3.8) is 0 Å². The normalized spacial score (nSPS) is 11.8. The van der Waals surface area contributed by atoms with E-state index in [-0.39, 0.29) is 17.8 Å². The van der Waals surface area contributed by atoms with Crippen molar-refractivity contribution in [2.75, 3.05) is 19.5 Å². The van der Waals surface area contributed by atoms with Gasteiger partial charge in [0.05, 0.1) is 6.61 Å². The Kier molecular flexibility index (Phi) is 6.96. The Balaban J connectivity index is 2.03. The Bertz CT molecular complexity index is 1270. The minimum atomic E-state index is -4.01. The number of rotatable bonds is 10. The van der Waals surface area contributed by atoms with Gasteiger partial charge in [-0.1, -0.05) is 25.1 Å². The van der Waals surface area contributed by atoms with Gasteiger partial charge in [0.25, 0.3) is 5.56 Å². The van der Waals surface area contributed by atoms with Crippen molar-refractivity contribution < 1.29 is 17.3 Å². The fraction of sp³-hybridized carbons (Fsp3) is 0.450. The second-order valence-corrected chi connectivity index (χ2v) is 8.72. The van der Waals surface area contributed by atoms with Gasteiger partial charge in [-0.05, 0) is 25.5 Å². The van der Waals surface area contributed by atoms with E-state index in [1.165, 1.54) is 16.7 Å². The Morgan fingerprint density at radius 2 is 1.71 bits per heavy atom. The van der Waals surface area contributed by atoms with Gasteiger partial charge >= 0.3 is 15.8 Å². The molecule has 0 aliphatic heterocycles. The van der Waals surface area contributed by atoms with Gasteiger partial charge in [-0.2, -0.15) is 8.42 Å². The highest BCUT2D eigenvalue weighted by atomic mass is 32.2. The summed E-state index contributed by atoms with van der Waals surface area (Å²) in [5, 5.41) is 0. The highest BCUT2D eigenvalue weighted by Gasteiger charge is 2.22. The molecule has 0 atom stereocenters. The molecule has 2 aromatic heterocycles. The van der Waals surface area contributed by atoms with Crippen LogP contribution in [0.1, 0.15) is 19.2 Å². The van der Waals surface area contributed by atoms with Gasteiger partial charge < -0.3 is 13.5 Å². The van der Waals surface area contributed by atoms with E-state index in [0.29, 0.717) is 37.6 Å². The van der Waals surface area contributed by atoms with Crippen LogP contribution in [0.25, 0.3) is 11.2 Å². The van der Waals surface area contributed by atoms with Crippen molar-refractivity contribution in [2.45, 2.75) is 39.9 Å². The SMILES string of the molecule is CCCn1c(=O)n(CCS(=O)(=O)Oc2ccccc2)c(=O)c2c1nc(C)n2CCOC. The van der Waals surface area contributed by atoms with Crippen LogP contribution in [0.4, 0.5) is 0 Å². The second kappa shape index (κ2) is 9.48. The summed E-state index contributed by atoms with van der Waals surface area (Å²) in [5.74, 6) is 0.216. The van der Waals surface area contributed by atoms with Crippen LogP contribution in [0.3, 0.4) is 0 Å². The van der Waals surface area contributed by atoms with Gasteiger partial charge in [-0.25, -0.2) is 9.78 Å². The van der Waals surface area contributed by atoms with Gasteiger partial charge in [0.15, 0.2) is 11.2 Å². The molecule has 3 rings (SSSR count). The summed E-state index contributed by atoms with van der Waals surface area (Å²) in [4.78, 5) is 30.6. The number of aromatic nitrogens is 4. The van der Waals surface area contributed by atoms with Crippen molar-refractivity contribution in [2.24, 2.45) is 0 Å². The standard InChI is InChI=1S/C20H26N4O6S/c1-4-10-23-18-17(22(11-13-29-3)15(2)21-18)19(25)24(20(23)26)12-14-31(27,28)30-16-8-6-5-7-9-16/h5-9H,4,10-14H2,1-3H3. The first-order valence-electron chi connectivity index (χ1n) is 9.95. The maximum atomic E-state index is 13.2. The lowest BCUT2D eigenvalue weighted by atomic mass is 10.3. The van der Waals surface area contributed by atoms with E-state index in [2.05, 4.69) is 4.98 Å². The molecule has 0 amide bonds. The lowest BCUT2D eigenvalue weighted by molar-refractivity contribution is 0.187. The molecule has 10 nitrogen and oxygen atoms in total. The molecule has 0 saturated heterocycles. The third-order valence-corrected chi connectivity index (χ3v) is 5.93. The minimum absolute atomic E-state index is 0.168. The number of aryl methyl sites for hydroxylation is 2. The summed E-state index contributed by atoms with van der Waals surface area (Å²) in [5.41, 5.74) is -0.626. The smallest absolute Gasteiger partial charge is 0.332 e. The third-order valence-electron chi connectivity index (χ3n) is 4.80. The van der Waals surface area contributed by atoms with Gasteiger partial charge in [0, 0.05) is 26.7 Å². The number of imidazole rings is 1. The molecule has 0 bridgehead atoms. The zero-order valence-electron chi connectivity index (χ0n) is 17.8. The molecule has 0 saturated carbocycles. The number of benzene rings is 1. The first kappa shape index (κ1) is 22.8. The first-order chi connectivity index (χ1) is 14.8. The van der Waals surface area contributed by atoms with Crippen LogP contribution in [0, 0.1) is 6.92 Å². The van der Waals surface area contributed by atoms with Crippen LogP contribution in [0.15, 0.2) is 39.9 Å². The molecule has 2 heterocycles. The predicted octanol–water partition coefficient (Wildman–Crippen LogP) is 1.13. The number of methoxy groups -OCH3 is 1. The molecule has 31 heavy (non-hydrogen) atoms. The molecule has 0 spiro atoms. The van der Waals surface area contributed by atoms with E-state index >= 15 is 0 Å². The van der Waals surface area contributed by atoms with Gasteiger partial charge in [-0.15, -0.1) is 0 Å². The zero-order chi connectivity index (χ0) is 22.6. The quantitative estimate of drug-likeness (QED) is 0.425. The van der Waals surface area contributed by atoms with Crippen LogP contribution >= 0.6 is 0 Å². The Hall–Kier alpha value is -2.92. The van der Waals surface area contributed by atoms with Crippen LogP contribution in [0.2, 0.25) is 0 Å². The van der Waals surface area contributed by atoms with Crippen LogP contribution in [-0.4, -0.2) is 46.6 Å². The Morgan fingerprint density at radius 3 is 2.35 bits per heavy atom. The van der Waals surface area contributed by atoms with Gasteiger partial charge in [-0.3, -0.25) is 13.9 Å². The van der Waals surface area contributed by atoms with E-state index in [4.69, 9.17) is 8.92 Å². The predicted molar refractivity (Wildman–Crippen MR) is 116 cm³/mol. The van der Waals surface area contributed by atoms with E-state index < -0.39 is 27.1 Å². The number of ether oxygens (including phenoxy) is 1. The molecule has 1 aromatic carbocycles. The summed E-state index contributed by atoms with van der Waals surface area (Å²) < 4.78 is 39.0. The van der Waals surface area contributed by atoms with E-state index in [0.717, 1.165) is 4.57 Å². The van der Waals surface area contributed by atoms with E-state index in [9.17, 15) is 18.0 Å². The topological polar surface area (TPSA) is 114 Å². The van der Waals surface area contributed by atoms with Crippen LogP contribution < -0.4 is 15.4 Å². The van der Waals surface area contributed by atoms with Gasteiger partial charge in [0.2, 0.25) is 0 Å². The maximum absolute atomic E-state index is 13.2. The molecule has 168 valence electrons. The average Bonchev–Trinajstić information content (AvgIpc) is 3.06. The summed E-state index contributed by atoms with van der Waals surface area (Å²) in [6.45, 7) is 4.41. The molecule has 0 aliphatic rings. The largest absolute Gasteiger partial charge is 0.383 e. The molecule has 11 heteroatoms. The summed E-state index contributed by atoms with van der Waals surface area (Å²) >= 11 is 0. The lowest BCUT2D eigenvalue weighted by Gasteiger charge is -2.12. The van der Waals surface area contributed by atoms with Crippen molar-refractivity contribution >= 4 is 21.3 Å². The van der Waals surface area contributed by atoms with E-state index in [1.807, 2.05) is 6.92 Å². The van der Waals surface area contributed by atoms with Crippen molar-refractivity contribution in [1.29, 1.82) is 0 Å². The number of fused-ring (bicyclic) bond motifs is 1. The summed E-state index contributed by atoms with van der Waals surface area (Å²) in [6, 6.07) is 8.06. The minimum Gasteiger partial charge on any atom is -0.383 e. The maximum Gasteiger partial charge on any atom is 0.332 e. The van der Waals surface area contributed by atoms with Crippen molar-refractivity contribution in [3.8, 4) is 5.75 Å². The molecular formula is C20H26N4O6S. The number of para-hydroxylation sites is 1. The molecule has 3 aromatic rings. The highest BCUT2D eigenvalue weighted by molar-refractivity contribution is 7.87. The van der Waals surface area contributed by atoms with Crippen LogP contribution in [0.5, 0.6) is 5.75 Å². The fourth-order valence-corrected chi connectivity index (χ4v) is 4.24. The second-order valence-electron chi connectivity index (χ2n) is 7.02. The highest BCUT2D eigenvalue weighted by Crippen LogP contribution is 2.13. The summed E-state index contributed by atoms with van der Waals surface area (Å²) in [7, 11) is -2.46. The van der Waals surface area contributed by atoms with Crippen LogP contribution in [-0.2, 0) is 34.5 Å². The fourth-order valence-electron chi connectivity index (χ4n) is 3.35. The first-order valence-corrected chi connectivity index (χ1v) is 11.5. The number of hydrogen-bond donors (Lipinski definition) is 0. The van der Waals surface area contributed by atoms with Crippen molar-refractivity contribution in [1.82, 2.24) is 18.7 Å².